The number of rotatable bonds is 5. The van der Waals surface area contributed by atoms with E-state index in [4.69, 9.17) is 15.6 Å². The monoisotopic (exact) mass is 491 g/mol. The molecule has 17 heteroatoms. The number of ether oxygens (including phenoxy) is 2. The summed E-state index contributed by atoms with van der Waals surface area (Å²) >= 11 is 0. The van der Waals surface area contributed by atoms with Gasteiger partial charge in [0.05, 0.1) is 6.33 Å². The van der Waals surface area contributed by atoms with Gasteiger partial charge >= 0.3 is 5.97 Å². The van der Waals surface area contributed by atoms with Gasteiger partial charge < -0.3 is 35.6 Å². The van der Waals surface area contributed by atoms with E-state index >= 15 is 0 Å². The van der Waals surface area contributed by atoms with Gasteiger partial charge in [0.15, 0.2) is 40.9 Å². The number of H-pyrrole nitrogens is 1. The van der Waals surface area contributed by atoms with Gasteiger partial charge in [-0.3, -0.25) is 14.3 Å². The summed E-state index contributed by atoms with van der Waals surface area (Å²) in [6.45, 7) is 0. The molecule has 34 heavy (non-hydrogen) atoms. The van der Waals surface area contributed by atoms with Gasteiger partial charge in [-0.25, -0.2) is 18.6 Å². The average molecular weight is 491 g/mol. The lowest BCUT2D eigenvalue weighted by atomic mass is 10.1. The SMILES string of the molecule is Nc1nc2c(ncn2[C@@H]2O[C@H](C(O)Oc3c(F)c(F)c(C(=O)O)c(F)c3F)C(O)C2O)c(=O)[nH]1. The van der Waals surface area contributed by atoms with Crippen molar-refractivity contribution < 1.29 is 52.3 Å². The Morgan fingerprint density at radius 2 is 1.79 bits per heavy atom. The van der Waals surface area contributed by atoms with Crippen LogP contribution < -0.4 is 16.0 Å². The third-order valence-electron chi connectivity index (χ3n) is 4.96. The van der Waals surface area contributed by atoms with E-state index in [0.717, 1.165) is 10.9 Å². The Hall–Kier alpha value is -3.80. The van der Waals surface area contributed by atoms with E-state index in [0.29, 0.717) is 0 Å². The van der Waals surface area contributed by atoms with E-state index in [9.17, 15) is 42.5 Å². The highest BCUT2D eigenvalue weighted by Crippen LogP contribution is 2.35. The molecule has 1 fully saturated rings. The Bertz CT molecular complexity index is 1330. The minimum Gasteiger partial charge on any atom is -0.477 e. The molecular formula is C17H13F4N5O8. The fraction of sp³-hybridized carbons (Fsp3) is 0.294. The summed E-state index contributed by atoms with van der Waals surface area (Å²) in [5.41, 5.74) is 2.37. The van der Waals surface area contributed by atoms with Gasteiger partial charge in [0.2, 0.25) is 23.9 Å². The van der Waals surface area contributed by atoms with Crippen LogP contribution in [0.1, 0.15) is 16.6 Å². The second kappa shape index (κ2) is 8.20. The van der Waals surface area contributed by atoms with Crippen LogP contribution in [0, 0.1) is 23.3 Å². The number of aliphatic hydroxyl groups is 3. The second-order valence-corrected chi connectivity index (χ2v) is 7.02. The van der Waals surface area contributed by atoms with Crippen LogP contribution in [-0.2, 0) is 4.74 Å². The molecule has 1 aliphatic rings. The van der Waals surface area contributed by atoms with E-state index in [-0.39, 0.29) is 17.1 Å². The van der Waals surface area contributed by atoms with Crippen molar-refractivity contribution in [3.63, 3.8) is 0 Å². The molecule has 7 N–H and O–H groups in total. The Morgan fingerprint density at radius 1 is 1.18 bits per heavy atom. The molecule has 3 heterocycles. The Labute approximate surface area is 183 Å². The smallest absolute Gasteiger partial charge is 0.341 e. The van der Waals surface area contributed by atoms with Crippen LogP contribution in [0.15, 0.2) is 11.1 Å². The zero-order valence-corrected chi connectivity index (χ0v) is 16.3. The fourth-order valence-electron chi connectivity index (χ4n) is 3.37. The molecule has 0 amide bonds. The largest absolute Gasteiger partial charge is 0.477 e. The van der Waals surface area contributed by atoms with Crippen molar-refractivity contribution in [2.24, 2.45) is 0 Å². The lowest BCUT2D eigenvalue weighted by Gasteiger charge is -2.22. The number of hydrogen-bond acceptors (Lipinski definition) is 10. The van der Waals surface area contributed by atoms with Crippen LogP contribution >= 0.6 is 0 Å². The average Bonchev–Trinajstić information content (AvgIpc) is 3.31. The minimum absolute atomic E-state index is 0.195. The number of aromatic nitrogens is 4. The number of nitrogens with zero attached hydrogens (tertiary/aromatic N) is 3. The first-order valence-electron chi connectivity index (χ1n) is 9.11. The van der Waals surface area contributed by atoms with E-state index < -0.39 is 76.9 Å². The van der Waals surface area contributed by atoms with Gasteiger partial charge in [-0.2, -0.15) is 13.8 Å². The lowest BCUT2D eigenvalue weighted by Crippen LogP contribution is -2.42. The maximum Gasteiger partial charge on any atom is 0.341 e. The van der Waals surface area contributed by atoms with Crippen LogP contribution in [0.3, 0.4) is 0 Å². The molecule has 182 valence electrons. The number of nitrogens with one attached hydrogen (secondary N) is 1. The van der Waals surface area contributed by atoms with Crippen molar-refractivity contribution in [2.45, 2.75) is 30.8 Å². The van der Waals surface area contributed by atoms with Crippen molar-refractivity contribution in [1.29, 1.82) is 0 Å². The molecule has 0 saturated carbocycles. The number of hydrogen-bond donors (Lipinski definition) is 6. The van der Waals surface area contributed by atoms with Crippen LogP contribution in [-0.4, -0.2) is 70.5 Å². The number of aromatic carboxylic acids is 1. The topological polar surface area (TPSA) is 206 Å². The van der Waals surface area contributed by atoms with Crippen LogP contribution in [0.25, 0.3) is 11.2 Å². The predicted molar refractivity (Wildman–Crippen MR) is 98.4 cm³/mol. The molecule has 0 bridgehead atoms. The number of aromatic amines is 1. The zero-order chi connectivity index (χ0) is 25.1. The maximum absolute atomic E-state index is 14.1. The molecule has 3 aromatic rings. The third kappa shape index (κ3) is 3.50. The first-order chi connectivity index (χ1) is 15.9. The summed E-state index contributed by atoms with van der Waals surface area (Å²) in [6.07, 6.45) is -8.98. The number of carboxylic acids is 1. The lowest BCUT2D eigenvalue weighted by molar-refractivity contribution is -0.156. The van der Waals surface area contributed by atoms with Crippen molar-refractivity contribution in [3.8, 4) is 5.75 Å². The predicted octanol–water partition coefficient (Wildman–Crippen LogP) is -1.03. The van der Waals surface area contributed by atoms with Crippen molar-refractivity contribution in [3.05, 3.63) is 45.5 Å². The van der Waals surface area contributed by atoms with Crippen LogP contribution in [0.2, 0.25) is 0 Å². The molecule has 3 unspecified atom stereocenters. The zero-order valence-electron chi connectivity index (χ0n) is 16.3. The molecule has 0 aliphatic carbocycles. The molecule has 13 nitrogen and oxygen atoms in total. The molecular weight excluding hydrogens is 478 g/mol. The molecule has 4 rings (SSSR count). The van der Waals surface area contributed by atoms with Gasteiger partial charge in [0, 0.05) is 0 Å². The first kappa shape index (κ1) is 23.4. The summed E-state index contributed by atoms with van der Waals surface area (Å²) in [4.78, 5) is 32.5. The number of benzene rings is 1. The number of imidazole rings is 1. The quantitative estimate of drug-likeness (QED) is 0.145. The number of nitrogen functional groups attached to an aromatic ring is 1. The number of carbonyl (C=O) groups is 1. The van der Waals surface area contributed by atoms with E-state index in [1.807, 2.05) is 0 Å². The standard InChI is InChI=1S/C17H13F4N5O8/c18-3-2(15(30)31)4(19)6(21)10(5(3)20)34-16(32)11-8(27)9(28)14(33-11)26-1-23-7-12(26)24-17(22)25-13(7)29/h1,8-9,11,14,16,27-28,32H,(H,30,31)(H3,22,24,25,29)/t8?,9?,11-,14+,16?/m0/s1. The molecule has 1 aliphatic heterocycles. The number of nitrogens with two attached hydrogens (primary N) is 1. The first-order valence-corrected chi connectivity index (χ1v) is 9.11. The highest BCUT2D eigenvalue weighted by atomic mass is 19.2. The number of fused-ring (bicyclic) bond motifs is 1. The third-order valence-corrected chi connectivity index (χ3v) is 4.96. The Kier molecular flexibility index (Phi) is 5.64. The summed E-state index contributed by atoms with van der Waals surface area (Å²) in [7, 11) is 0. The van der Waals surface area contributed by atoms with Gasteiger partial charge in [-0.15, -0.1) is 0 Å². The highest BCUT2D eigenvalue weighted by molar-refractivity contribution is 5.88. The molecule has 5 atom stereocenters. The normalized spacial score (nSPS) is 23.4. The summed E-state index contributed by atoms with van der Waals surface area (Å²) in [5, 5.41) is 39.5. The molecule has 2 aromatic heterocycles. The molecule has 0 radical (unpaired) electrons. The van der Waals surface area contributed by atoms with Gasteiger partial charge in [-0.05, 0) is 0 Å². The van der Waals surface area contributed by atoms with Gasteiger partial charge in [0.25, 0.3) is 5.56 Å². The molecule has 1 aromatic carbocycles. The van der Waals surface area contributed by atoms with Crippen molar-refractivity contribution >= 4 is 23.1 Å². The highest BCUT2D eigenvalue weighted by Gasteiger charge is 2.49. The summed E-state index contributed by atoms with van der Waals surface area (Å²) in [5.74, 6) is -13.6. The van der Waals surface area contributed by atoms with Crippen molar-refractivity contribution in [2.75, 3.05) is 5.73 Å². The van der Waals surface area contributed by atoms with Gasteiger partial charge in [-0.1, -0.05) is 0 Å². The van der Waals surface area contributed by atoms with Crippen LogP contribution in [0.5, 0.6) is 5.75 Å². The number of aliphatic hydroxyl groups excluding tert-OH is 3. The second-order valence-electron chi connectivity index (χ2n) is 7.02. The fourth-order valence-corrected chi connectivity index (χ4v) is 3.37. The molecule has 1 saturated heterocycles. The maximum atomic E-state index is 14.1. The summed E-state index contributed by atoms with van der Waals surface area (Å²) in [6, 6.07) is 0. The van der Waals surface area contributed by atoms with E-state index in [1.54, 1.807) is 0 Å². The summed E-state index contributed by atoms with van der Waals surface area (Å²) < 4.78 is 66.8. The number of carboxylic acid groups (broad SMARTS) is 1. The van der Waals surface area contributed by atoms with Crippen molar-refractivity contribution in [1.82, 2.24) is 19.5 Å². The van der Waals surface area contributed by atoms with Gasteiger partial charge in [0.1, 0.15) is 17.8 Å². The minimum atomic E-state index is -2.54. The van der Waals surface area contributed by atoms with Crippen LogP contribution in [0.4, 0.5) is 23.5 Å². The Morgan fingerprint density at radius 3 is 2.38 bits per heavy atom. The Balaban J connectivity index is 1.65. The van der Waals surface area contributed by atoms with E-state index in [1.165, 1.54) is 0 Å². The molecule has 0 spiro atoms. The number of anilines is 1. The van der Waals surface area contributed by atoms with E-state index in [2.05, 4.69) is 19.7 Å². The number of halogens is 4.